The van der Waals surface area contributed by atoms with Crippen LogP contribution in [0.3, 0.4) is 0 Å². The molecule has 10 nitrogen and oxygen atoms in total. The molecular weight excluding hydrogens is 460 g/mol. The Hall–Kier alpha value is -3.92. The molecule has 3 heterocycles. The second-order valence-electron chi connectivity index (χ2n) is 8.09. The van der Waals surface area contributed by atoms with Gasteiger partial charge in [0.05, 0.1) is 29.2 Å². The molecule has 174 valence electrons. The predicted molar refractivity (Wildman–Crippen MR) is 125 cm³/mol. The van der Waals surface area contributed by atoms with Gasteiger partial charge in [-0.05, 0) is 49.7 Å². The monoisotopic (exact) mass is 480 g/mol. The Labute approximate surface area is 199 Å². The number of carboxylic acids is 1. The molecule has 1 aliphatic heterocycles. The van der Waals surface area contributed by atoms with Crippen LogP contribution < -0.4 is 4.90 Å². The van der Waals surface area contributed by atoms with E-state index >= 15 is 0 Å². The molecule has 2 aromatic heterocycles. The molecule has 0 unspecified atom stereocenters. The van der Waals surface area contributed by atoms with Crippen molar-refractivity contribution in [3.63, 3.8) is 0 Å². The molecule has 34 heavy (non-hydrogen) atoms. The summed E-state index contributed by atoms with van der Waals surface area (Å²) >= 11 is 6.06. The van der Waals surface area contributed by atoms with Crippen molar-refractivity contribution in [1.29, 1.82) is 0 Å². The number of carboxylic acid groups (broad SMARTS) is 1. The number of halogens is 1. The van der Waals surface area contributed by atoms with Crippen molar-refractivity contribution in [3.05, 3.63) is 64.9 Å². The molecule has 2 aromatic carbocycles. The van der Waals surface area contributed by atoms with Gasteiger partial charge < -0.3 is 19.3 Å². The first-order valence-electron chi connectivity index (χ1n) is 10.8. The van der Waals surface area contributed by atoms with E-state index in [0.29, 0.717) is 53.9 Å². The quantitative estimate of drug-likeness (QED) is 0.471. The van der Waals surface area contributed by atoms with Crippen molar-refractivity contribution in [2.45, 2.75) is 19.4 Å². The molecule has 0 saturated carbocycles. The number of hydrogen-bond acceptors (Lipinski definition) is 7. The number of hydrogen-bond donors (Lipinski definition) is 1. The molecule has 4 aromatic rings. The summed E-state index contributed by atoms with van der Waals surface area (Å²) in [6, 6.07) is 10.0. The third-order valence-corrected chi connectivity index (χ3v) is 6.17. The van der Waals surface area contributed by atoms with Gasteiger partial charge in [-0.25, -0.2) is 4.79 Å². The fourth-order valence-electron chi connectivity index (χ4n) is 4.09. The van der Waals surface area contributed by atoms with Crippen LogP contribution >= 0.6 is 11.6 Å². The fraction of sp³-hybridized carbons (Fsp3) is 0.261. The summed E-state index contributed by atoms with van der Waals surface area (Å²) in [5.74, 6) is -1.39. The summed E-state index contributed by atoms with van der Waals surface area (Å²) in [5, 5.41) is 18.3. The van der Waals surface area contributed by atoms with Gasteiger partial charge in [-0.15, -0.1) is 0 Å². The minimum atomic E-state index is -1.11. The third kappa shape index (κ3) is 4.08. The molecule has 1 amide bonds. The van der Waals surface area contributed by atoms with Gasteiger partial charge in [0.1, 0.15) is 5.52 Å². The van der Waals surface area contributed by atoms with E-state index in [1.54, 1.807) is 29.2 Å². The van der Waals surface area contributed by atoms with Crippen molar-refractivity contribution in [3.8, 4) is 5.69 Å². The van der Waals surface area contributed by atoms with Crippen LogP contribution in [0.4, 0.5) is 6.01 Å². The number of aromatic carboxylic acids is 1. The summed E-state index contributed by atoms with van der Waals surface area (Å²) < 4.78 is 5.91. The molecule has 1 atom stereocenters. The highest BCUT2D eigenvalue weighted by atomic mass is 35.5. The molecule has 1 N–H and O–H groups in total. The zero-order valence-electron chi connectivity index (χ0n) is 18.3. The number of carbonyl (C=O) groups is 2. The maximum atomic E-state index is 13.7. The minimum absolute atomic E-state index is 0.0218. The summed E-state index contributed by atoms with van der Waals surface area (Å²) in [6.07, 6.45) is 3.68. The lowest BCUT2D eigenvalue weighted by atomic mass is 10.1. The van der Waals surface area contributed by atoms with Gasteiger partial charge in [0.2, 0.25) is 0 Å². The molecule has 0 bridgehead atoms. The number of rotatable bonds is 4. The number of oxazole rings is 1. The van der Waals surface area contributed by atoms with Gasteiger partial charge >= 0.3 is 5.97 Å². The van der Waals surface area contributed by atoms with E-state index in [2.05, 4.69) is 15.2 Å². The Kier molecular flexibility index (Phi) is 5.66. The van der Waals surface area contributed by atoms with E-state index in [4.69, 9.17) is 16.0 Å². The number of benzene rings is 2. The molecule has 0 aliphatic carbocycles. The topological polar surface area (TPSA) is 118 Å². The maximum absolute atomic E-state index is 13.7. The Morgan fingerprint density at radius 1 is 1.09 bits per heavy atom. The second-order valence-corrected chi connectivity index (χ2v) is 8.52. The average molecular weight is 481 g/mol. The first-order chi connectivity index (χ1) is 16.4. The molecule has 5 rings (SSSR count). The van der Waals surface area contributed by atoms with Crippen LogP contribution in [-0.2, 0) is 0 Å². The van der Waals surface area contributed by atoms with E-state index < -0.39 is 5.97 Å². The highest BCUT2D eigenvalue weighted by Crippen LogP contribution is 2.27. The molecule has 1 fully saturated rings. The first-order valence-corrected chi connectivity index (χ1v) is 11.1. The summed E-state index contributed by atoms with van der Waals surface area (Å²) in [5.41, 5.74) is 1.99. The van der Waals surface area contributed by atoms with E-state index in [1.165, 1.54) is 29.3 Å². The lowest BCUT2D eigenvalue weighted by Crippen LogP contribution is -2.40. The standard InChI is InChI=1S/C23H21ClN6O4/c1-14-6-9-28(23-27-18-13-16(24)3-5-20(18)34-23)10-11-29(14)21(31)17-12-15(22(32)33)2-4-19(17)30-25-7-8-26-30/h2-5,7-8,12-14H,6,9-11H2,1H3,(H,32,33)/t14-/m1/s1. The van der Waals surface area contributed by atoms with Crippen molar-refractivity contribution >= 4 is 40.6 Å². The van der Waals surface area contributed by atoms with E-state index in [9.17, 15) is 14.7 Å². The Balaban J connectivity index is 1.43. The Morgan fingerprint density at radius 2 is 1.88 bits per heavy atom. The predicted octanol–water partition coefficient (Wildman–Crippen LogP) is 3.50. The smallest absolute Gasteiger partial charge is 0.335 e. The van der Waals surface area contributed by atoms with Gasteiger partial charge in [0, 0.05) is 30.7 Å². The van der Waals surface area contributed by atoms with E-state index in [0.717, 1.165) is 0 Å². The zero-order valence-corrected chi connectivity index (χ0v) is 19.0. The van der Waals surface area contributed by atoms with Gasteiger partial charge in [-0.1, -0.05) is 11.6 Å². The number of anilines is 1. The number of amides is 1. The van der Waals surface area contributed by atoms with Crippen molar-refractivity contribution in [2.24, 2.45) is 0 Å². The molecule has 0 spiro atoms. The number of nitrogens with zero attached hydrogens (tertiary/aromatic N) is 6. The normalized spacial score (nSPS) is 16.6. The van der Waals surface area contributed by atoms with E-state index in [1.807, 2.05) is 11.8 Å². The highest BCUT2D eigenvalue weighted by Gasteiger charge is 2.30. The molecule has 0 radical (unpaired) electrons. The molecule has 1 saturated heterocycles. The number of aromatic nitrogens is 4. The van der Waals surface area contributed by atoms with Crippen molar-refractivity contribution in [2.75, 3.05) is 24.5 Å². The SMILES string of the molecule is C[C@@H]1CCN(c2nc3cc(Cl)ccc3o2)CCN1C(=O)c1cc(C(=O)O)ccc1-n1nccn1. The summed E-state index contributed by atoms with van der Waals surface area (Å²) in [4.78, 5) is 34.9. The van der Waals surface area contributed by atoms with E-state index in [-0.39, 0.29) is 23.1 Å². The third-order valence-electron chi connectivity index (χ3n) is 5.94. The van der Waals surface area contributed by atoms with Crippen molar-refractivity contribution < 1.29 is 19.1 Å². The Morgan fingerprint density at radius 3 is 2.65 bits per heavy atom. The lowest BCUT2D eigenvalue weighted by molar-refractivity contribution is 0.0697. The second kappa shape index (κ2) is 8.79. The van der Waals surface area contributed by atoms with Gasteiger partial charge in [0.25, 0.3) is 11.9 Å². The first kappa shape index (κ1) is 21.9. The molecule has 11 heteroatoms. The largest absolute Gasteiger partial charge is 0.478 e. The highest BCUT2D eigenvalue weighted by molar-refractivity contribution is 6.31. The van der Waals surface area contributed by atoms with Crippen LogP contribution in [0.25, 0.3) is 16.8 Å². The lowest BCUT2D eigenvalue weighted by Gasteiger charge is -2.27. The van der Waals surface area contributed by atoms with Gasteiger partial charge in [-0.2, -0.15) is 20.0 Å². The van der Waals surface area contributed by atoms with Crippen LogP contribution in [0.15, 0.2) is 53.2 Å². The van der Waals surface area contributed by atoms with Crippen LogP contribution in [-0.4, -0.2) is 67.5 Å². The molecular formula is C23H21ClN6O4. The number of carbonyl (C=O) groups excluding carboxylic acids is 1. The van der Waals surface area contributed by atoms with Crippen LogP contribution in [0.5, 0.6) is 0 Å². The maximum Gasteiger partial charge on any atom is 0.335 e. The average Bonchev–Trinajstić information content (AvgIpc) is 3.46. The van der Waals surface area contributed by atoms with Gasteiger partial charge in [0.15, 0.2) is 5.58 Å². The summed E-state index contributed by atoms with van der Waals surface area (Å²) in [7, 11) is 0. The minimum Gasteiger partial charge on any atom is -0.478 e. The van der Waals surface area contributed by atoms with Crippen LogP contribution in [0, 0.1) is 0 Å². The van der Waals surface area contributed by atoms with Gasteiger partial charge in [-0.3, -0.25) is 4.79 Å². The van der Waals surface area contributed by atoms with Crippen molar-refractivity contribution in [1.82, 2.24) is 24.9 Å². The van der Waals surface area contributed by atoms with Crippen LogP contribution in [0.1, 0.15) is 34.1 Å². The summed E-state index contributed by atoms with van der Waals surface area (Å²) in [6.45, 7) is 3.53. The molecule has 1 aliphatic rings. The zero-order chi connectivity index (χ0) is 23.8. The Bertz CT molecular complexity index is 1370. The van der Waals surface area contributed by atoms with Crippen LogP contribution in [0.2, 0.25) is 5.02 Å². The fourth-order valence-corrected chi connectivity index (χ4v) is 4.25. The number of fused-ring (bicyclic) bond motifs is 1.